The van der Waals surface area contributed by atoms with E-state index in [1.807, 2.05) is 18.2 Å². The van der Waals surface area contributed by atoms with Crippen LogP contribution in [0, 0.1) is 0 Å². The lowest BCUT2D eigenvalue weighted by Crippen LogP contribution is -2.14. The topological polar surface area (TPSA) is 73.6 Å². The average molecular weight is 366 g/mol. The van der Waals surface area contributed by atoms with Gasteiger partial charge in [-0.05, 0) is 29.7 Å². The number of carbonyl (C=O) groups is 1. The number of benzene rings is 2. The zero-order valence-corrected chi connectivity index (χ0v) is 15.6. The van der Waals surface area contributed by atoms with Crippen molar-refractivity contribution in [2.45, 2.75) is 19.8 Å². The Bertz CT molecular complexity index is 916. The Labute approximate surface area is 158 Å². The van der Waals surface area contributed by atoms with Crippen molar-refractivity contribution in [3.05, 3.63) is 59.7 Å². The Morgan fingerprint density at radius 1 is 1.00 bits per heavy atom. The molecule has 0 aliphatic rings. The van der Waals surface area contributed by atoms with Crippen LogP contribution < -0.4 is 14.8 Å². The molecule has 0 atom stereocenters. The normalized spacial score (nSPS) is 10.5. The summed E-state index contributed by atoms with van der Waals surface area (Å²) in [6.07, 6.45) is 1.16. The number of hydrogen-bond acceptors (Lipinski definition) is 5. The van der Waals surface area contributed by atoms with Gasteiger partial charge in [0.05, 0.1) is 20.6 Å². The summed E-state index contributed by atoms with van der Waals surface area (Å²) >= 11 is 0. The van der Waals surface area contributed by atoms with Gasteiger partial charge in [-0.1, -0.05) is 42.4 Å². The second kappa shape index (κ2) is 8.40. The fourth-order valence-electron chi connectivity index (χ4n) is 2.74. The van der Waals surface area contributed by atoms with E-state index in [1.54, 1.807) is 32.4 Å². The molecule has 6 nitrogen and oxygen atoms in total. The van der Waals surface area contributed by atoms with Crippen molar-refractivity contribution < 1.29 is 18.8 Å². The molecule has 0 bridgehead atoms. The van der Waals surface area contributed by atoms with Crippen molar-refractivity contribution in [3.8, 4) is 22.8 Å². The van der Waals surface area contributed by atoms with Crippen LogP contribution in [-0.2, 0) is 17.6 Å². The van der Waals surface area contributed by atoms with Gasteiger partial charge in [-0.25, -0.2) is 0 Å². The van der Waals surface area contributed by atoms with Crippen molar-refractivity contribution in [3.63, 3.8) is 0 Å². The van der Waals surface area contributed by atoms with E-state index >= 15 is 0 Å². The van der Waals surface area contributed by atoms with Gasteiger partial charge >= 0.3 is 0 Å². The van der Waals surface area contributed by atoms with E-state index in [9.17, 15) is 4.79 Å². The number of nitrogens with zero attached hydrogens (tertiary/aromatic N) is 1. The standard InChI is InChI=1S/C21H22N2O4/c1-4-14-5-8-16(9-6-14)17-13-21(27-23-17)22-20(24)12-15-7-10-18(25-2)19(11-15)26-3/h5-11,13H,4,12H2,1-3H3,(H,22,24). The number of aromatic nitrogens is 1. The quantitative estimate of drug-likeness (QED) is 0.681. The summed E-state index contributed by atoms with van der Waals surface area (Å²) in [5.41, 5.74) is 3.68. The second-order valence-corrected chi connectivity index (χ2v) is 6.04. The van der Waals surface area contributed by atoms with Gasteiger partial charge in [0.1, 0.15) is 5.69 Å². The van der Waals surface area contributed by atoms with Gasteiger partial charge < -0.3 is 14.0 Å². The van der Waals surface area contributed by atoms with Gasteiger partial charge in [-0.3, -0.25) is 10.1 Å². The smallest absolute Gasteiger partial charge is 0.231 e. The molecule has 1 heterocycles. The molecule has 0 saturated carbocycles. The van der Waals surface area contributed by atoms with E-state index in [1.165, 1.54) is 5.56 Å². The number of aryl methyl sites for hydroxylation is 1. The molecule has 0 saturated heterocycles. The van der Waals surface area contributed by atoms with Crippen molar-refractivity contribution in [1.29, 1.82) is 0 Å². The number of amides is 1. The molecule has 0 aliphatic heterocycles. The summed E-state index contributed by atoms with van der Waals surface area (Å²) in [5, 5.41) is 6.75. The van der Waals surface area contributed by atoms with Crippen LogP contribution in [0.4, 0.5) is 5.88 Å². The third-order valence-corrected chi connectivity index (χ3v) is 4.24. The summed E-state index contributed by atoms with van der Waals surface area (Å²) in [4.78, 5) is 12.3. The number of nitrogens with one attached hydrogen (secondary N) is 1. The van der Waals surface area contributed by atoms with Crippen LogP contribution in [0.3, 0.4) is 0 Å². The summed E-state index contributed by atoms with van der Waals surface area (Å²) in [7, 11) is 3.13. The Morgan fingerprint density at radius 3 is 2.37 bits per heavy atom. The van der Waals surface area contributed by atoms with Gasteiger partial charge in [0.2, 0.25) is 11.8 Å². The van der Waals surface area contributed by atoms with Crippen LogP contribution in [0.1, 0.15) is 18.1 Å². The fourth-order valence-corrected chi connectivity index (χ4v) is 2.74. The van der Waals surface area contributed by atoms with Gasteiger partial charge in [0.25, 0.3) is 0 Å². The maximum absolute atomic E-state index is 12.3. The molecule has 0 radical (unpaired) electrons. The van der Waals surface area contributed by atoms with Crippen molar-refractivity contribution in [1.82, 2.24) is 5.16 Å². The number of rotatable bonds is 7. The monoisotopic (exact) mass is 366 g/mol. The van der Waals surface area contributed by atoms with E-state index in [2.05, 4.69) is 29.5 Å². The first kappa shape index (κ1) is 18.5. The molecule has 0 spiro atoms. The Kier molecular flexibility index (Phi) is 5.76. The minimum absolute atomic E-state index is 0.182. The van der Waals surface area contributed by atoms with Crippen LogP contribution in [0.5, 0.6) is 11.5 Å². The SMILES string of the molecule is CCc1ccc(-c2cc(NC(=O)Cc3ccc(OC)c(OC)c3)on2)cc1. The maximum Gasteiger partial charge on any atom is 0.231 e. The Hall–Kier alpha value is -3.28. The molecule has 27 heavy (non-hydrogen) atoms. The summed E-state index contributed by atoms with van der Waals surface area (Å²) < 4.78 is 15.7. The molecule has 1 N–H and O–H groups in total. The minimum Gasteiger partial charge on any atom is -0.493 e. The highest BCUT2D eigenvalue weighted by molar-refractivity contribution is 5.91. The molecule has 1 aromatic heterocycles. The van der Waals surface area contributed by atoms with Crippen LogP contribution in [0.2, 0.25) is 0 Å². The van der Waals surface area contributed by atoms with E-state index in [0.29, 0.717) is 23.1 Å². The average Bonchev–Trinajstić information content (AvgIpc) is 3.16. The molecular formula is C21H22N2O4. The third kappa shape index (κ3) is 4.47. The van der Waals surface area contributed by atoms with Crippen molar-refractivity contribution >= 4 is 11.8 Å². The number of carbonyl (C=O) groups excluding carboxylic acids is 1. The maximum atomic E-state index is 12.3. The highest BCUT2D eigenvalue weighted by Crippen LogP contribution is 2.28. The molecule has 1 amide bonds. The fraction of sp³-hybridized carbons (Fsp3) is 0.238. The first-order chi connectivity index (χ1) is 13.1. The number of hydrogen-bond donors (Lipinski definition) is 1. The van der Waals surface area contributed by atoms with Gasteiger partial charge in [0, 0.05) is 11.6 Å². The number of methoxy groups -OCH3 is 2. The van der Waals surface area contributed by atoms with E-state index in [-0.39, 0.29) is 12.3 Å². The minimum atomic E-state index is -0.203. The van der Waals surface area contributed by atoms with E-state index in [4.69, 9.17) is 14.0 Å². The summed E-state index contributed by atoms with van der Waals surface area (Å²) in [5.74, 6) is 1.32. The van der Waals surface area contributed by atoms with Gasteiger partial charge in [-0.2, -0.15) is 0 Å². The van der Waals surface area contributed by atoms with Crippen LogP contribution in [0.15, 0.2) is 53.1 Å². The zero-order chi connectivity index (χ0) is 19.2. The van der Waals surface area contributed by atoms with E-state index in [0.717, 1.165) is 17.5 Å². The lowest BCUT2D eigenvalue weighted by atomic mass is 10.1. The summed E-state index contributed by atoms with van der Waals surface area (Å²) in [6.45, 7) is 2.11. The first-order valence-electron chi connectivity index (χ1n) is 8.69. The van der Waals surface area contributed by atoms with Crippen LogP contribution in [-0.4, -0.2) is 25.3 Å². The van der Waals surface area contributed by atoms with Crippen molar-refractivity contribution in [2.24, 2.45) is 0 Å². The molecular weight excluding hydrogens is 344 g/mol. The van der Waals surface area contributed by atoms with Crippen LogP contribution >= 0.6 is 0 Å². The third-order valence-electron chi connectivity index (χ3n) is 4.24. The molecule has 0 fully saturated rings. The first-order valence-corrected chi connectivity index (χ1v) is 8.69. The number of anilines is 1. The molecule has 3 rings (SSSR count). The molecule has 0 aliphatic carbocycles. The highest BCUT2D eigenvalue weighted by Gasteiger charge is 2.12. The largest absolute Gasteiger partial charge is 0.493 e. The molecule has 0 unspecified atom stereocenters. The lowest BCUT2D eigenvalue weighted by Gasteiger charge is -2.09. The predicted molar refractivity (Wildman–Crippen MR) is 103 cm³/mol. The predicted octanol–water partition coefficient (Wildman–Crippen LogP) is 4.10. The van der Waals surface area contributed by atoms with Gasteiger partial charge in [-0.15, -0.1) is 0 Å². The Balaban J connectivity index is 1.65. The highest BCUT2D eigenvalue weighted by atomic mass is 16.5. The van der Waals surface area contributed by atoms with Gasteiger partial charge in [0.15, 0.2) is 11.5 Å². The Morgan fingerprint density at radius 2 is 1.70 bits per heavy atom. The molecule has 3 aromatic rings. The lowest BCUT2D eigenvalue weighted by molar-refractivity contribution is -0.115. The van der Waals surface area contributed by atoms with E-state index < -0.39 is 0 Å². The zero-order valence-electron chi connectivity index (χ0n) is 15.6. The summed E-state index contributed by atoms with van der Waals surface area (Å²) in [6, 6.07) is 15.2. The van der Waals surface area contributed by atoms with Crippen molar-refractivity contribution in [2.75, 3.05) is 19.5 Å². The molecule has 140 valence electrons. The molecule has 6 heteroatoms. The second-order valence-electron chi connectivity index (χ2n) is 6.04. The molecule has 2 aromatic carbocycles. The van der Waals surface area contributed by atoms with Crippen LogP contribution in [0.25, 0.3) is 11.3 Å². The number of ether oxygens (including phenoxy) is 2.